The van der Waals surface area contributed by atoms with Gasteiger partial charge in [0.15, 0.2) is 0 Å². The Kier molecular flexibility index (Phi) is 4.08. The van der Waals surface area contributed by atoms with Crippen molar-refractivity contribution in [3.8, 4) is 0 Å². The minimum Gasteiger partial charge on any atom is -0.337 e. The van der Waals surface area contributed by atoms with Crippen molar-refractivity contribution in [1.29, 1.82) is 0 Å². The second-order valence-corrected chi connectivity index (χ2v) is 6.89. The normalized spacial score (nSPS) is 10.8. The van der Waals surface area contributed by atoms with Gasteiger partial charge in [-0.15, -0.1) is 11.3 Å². The molecule has 0 N–H and O–H groups in total. The fraction of sp³-hybridized carbons (Fsp3) is 0.118. The molecule has 3 rings (SSSR count). The highest BCUT2D eigenvalue weighted by Gasteiger charge is 2.13. The lowest BCUT2D eigenvalue weighted by atomic mass is 10.1. The Morgan fingerprint density at radius 2 is 1.90 bits per heavy atom. The minimum atomic E-state index is 0.0493. The molecule has 0 fully saturated rings. The van der Waals surface area contributed by atoms with E-state index in [1.807, 2.05) is 54.9 Å². The topological polar surface area (TPSA) is 20.3 Å². The molecule has 1 aromatic heterocycles. The largest absolute Gasteiger partial charge is 0.337 e. The van der Waals surface area contributed by atoms with E-state index < -0.39 is 0 Å². The van der Waals surface area contributed by atoms with Gasteiger partial charge in [0.1, 0.15) is 0 Å². The number of nitrogens with zero attached hydrogens (tertiary/aromatic N) is 1. The first-order valence-corrected chi connectivity index (χ1v) is 8.28. The summed E-state index contributed by atoms with van der Waals surface area (Å²) in [4.78, 5) is 15.4. The van der Waals surface area contributed by atoms with Gasteiger partial charge in [-0.25, -0.2) is 0 Å². The Labute approximate surface area is 136 Å². The van der Waals surface area contributed by atoms with Crippen molar-refractivity contribution in [3.05, 3.63) is 68.8 Å². The fourth-order valence-electron chi connectivity index (χ4n) is 2.28. The maximum Gasteiger partial charge on any atom is 0.253 e. The zero-order valence-electron chi connectivity index (χ0n) is 11.5. The van der Waals surface area contributed by atoms with E-state index in [2.05, 4.69) is 22.0 Å². The number of carbonyl (C=O) groups excluding carboxylic acids is 1. The van der Waals surface area contributed by atoms with Gasteiger partial charge in [-0.3, -0.25) is 4.79 Å². The maximum atomic E-state index is 12.5. The molecule has 3 aromatic rings. The van der Waals surface area contributed by atoms with Crippen LogP contribution < -0.4 is 0 Å². The molecule has 2 nitrogen and oxygen atoms in total. The van der Waals surface area contributed by atoms with E-state index in [1.165, 1.54) is 4.88 Å². The number of fused-ring (bicyclic) bond motifs is 1. The second-order valence-electron chi connectivity index (χ2n) is 4.95. The van der Waals surface area contributed by atoms with Gasteiger partial charge in [0, 0.05) is 22.0 Å². The predicted molar refractivity (Wildman–Crippen MR) is 91.8 cm³/mol. The molecule has 0 saturated carbocycles. The number of hydrogen-bond acceptors (Lipinski definition) is 2. The summed E-state index contributed by atoms with van der Waals surface area (Å²) in [6.07, 6.45) is 0. The number of halogens is 1. The van der Waals surface area contributed by atoms with Crippen LogP contribution in [0.2, 0.25) is 0 Å². The monoisotopic (exact) mass is 359 g/mol. The molecule has 0 aliphatic rings. The first-order valence-electron chi connectivity index (χ1n) is 6.60. The number of thiophene rings is 1. The molecule has 4 heteroatoms. The van der Waals surface area contributed by atoms with Crippen molar-refractivity contribution >= 4 is 43.9 Å². The zero-order chi connectivity index (χ0) is 14.8. The summed E-state index contributed by atoms with van der Waals surface area (Å²) in [5.41, 5.74) is 0.726. The van der Waals surface area contributed by atoms with Crippen LogP contribution in [0.25, 0.3) is 10.8 Å². The van der Waals surface area contributed by atoms with Crippen LogP contribution in [-0.4, -0.2) is 17.9 Å². The number of benzene rings is 2. The van der Waals surface area contributed by atoms with Gasteiger partial charge >= 0.3 is 0 Å². The molecule has 0 aliphatic carbocycles. The van der Waals surface area contributed by atoms with Crippen molar-refractivity contribution in [2.24, 2.45) is 0 Å². The fourth-order valence-corrected chi connectivity index (χ4v) is 3.41. The quantitative estimate of drug-likeness (QED) is 0.648. The maximum absolute atomic E-state index is 12.5. The molecule has 0 aliphatic heterocycles. The van der Waals surface area contributed by atoms with Crippen LogP contribution >= 0.6 is 27.3 Å². The highest BCUT2D eigenvalue weighted by molar-refractivity contribution is 9.10. The number of rotatable bonds is 3. The van der Waals surface area contributed by atoms with Gasteiger partial charge < -0.3 is 4.90 Å². The number of carbonyl (C=O) groups is 1. The average Bonchev–Trinajstić information content (AvgIpc) is 2.98. The van der Waals surface area contributed by atoms with Crippen LogP contribution in [0.3, 0.4) is 0 Å². The Hall–Kier alpha value is -1.65. The molecule has 0 bridgehead atoms. The summed E-state index contributed by atoms with van der Waals surface area (Å²) in [5, 5.41) is 4.23. The molecule has 1 amide bonds. The molecular formula is C17H14BrNOS. The number of amides is 1. The predicted octanol–water partition coefficient (Wildman–Crippen LogP) is 4.94. The van der Waals surface area contributed by atoms with Gasteiger partial charge in [-0.1, -0.05) is 34.1 Å². The highest BCUT2D eigenvalue weighted by Crippen LogP contribution is 2.22. The summed E-state index contributed by atoms with van der Waals surface area (Å²) in [6.45, 7) is 0.648. The molecule has 106 valence electrons. The molecule has 0 unspecified atom stereocenters. The van der Waals surface area contributed by atoms with Crippen LogP contribution in [0.5, 0.6) is 0 Å². The van der Waals surface area contributed by atoms with E-state index >= 15 is 0 Å². The lowest BCUT2D eigenvalue weighted by Crippen LogP contribution is -2.25. The summed E-state index contributed by atoms with van der Waals surface area (Å²) >= 11 is 5.13. The van der Waals surface area contributed by atoms with E-state index in [9.17, 15) is 4.79 Å². The number of hydrogen-bond donors (Lipinski definition) is 0. The SMILES string of the molecule is CN(Cc1cccs1)C(=O)c1ccc2cc(Br)ccc2c1. The second kappa shape index (κ2) is 6.00. The van der Waals surface area contributed by atoms with Gasteiger partial charge in [0.25, 0.3) is 5.91 Å². The van der Waals surface area contributed by atoms with Gasteiger partial charge in [-0.2, -0.15) is 0 Å². The third-order valence-electron chi connectivity index (χ3n) is 3.37. The lowest BCUT2D eigenvalue weighted by Gasteiger charge is -2.16. The zero-order valence-corrected chi connectivity index (χ0v) is 13.9. The molecular weight excluding hydrogens is 346 g/mol. The van der Waals surface area contributed by atoms with Crippen LogP contribution in [0.4, 0.5) is 0 Å². The molecule has 0 saturated heterocycles. The Morgan fingerprint density at radius 1 is 1.14 bits per heavy atom. The van der Waals surface area contributed by atoms with Crippen LogP contribution in [-0.2, 0) is 6.54 Å². The van der Waals surface area contributed by atoms with E-state index in [0.29, 0.717) is 6.54 Å². The van der Waals surface area contributed by atoms with Crippen molar-refractivity contribution in [2.45, 2.75) is 6.54 Å². The molecule has 0 atom stereocenters. The summed E-state index contributed by atoms with van der Waals surface area (Å²) < 4.78 is 1.05. The smallest absolute Gasteiger partial charge is 0.253 e. The van der Waals surface area contributed by atoms with E-state index in [-0.39, 0.29) is 5.91 Å². The van der Waals surface area contributed by atoms with E-state index in [0.717, 1.165) is 20.8 Å². The molecule has 0 spiro atoms. The molecule has 2 aromatic carbocycles. The van der Waals surface area contributed by atoms with Crippen molar-refractivity contribution in [3.63, 3.8) is 0 Å². The lowest BCUT2D eigenvalue weighted by molar-refractivity contribution is 0.0786. The average molecular weight is 360 g/mol. The Morgan fingerprint density at radius 3 is 2.67 bits per heavy atom. The first kappa shape index (κ1) is 14.3. The third-order valence-corrected chi connectivity index (χ3v) is 4.72. The van der Waals surface area contributed by atoms with Gasteiger partial charge in [0.05, 0.1) is 6.54 Å². The van der Waals surface area contributed by atoms with Crippen molar-refractivity contribution < 1.29 is 4.79 Å². The summed E-state index contributed by atoms with van der Waals surface area (Å²) in [7, 11) is 1.84. The molecule has 21 heavy (non-hydrogen) atoms. The van der Waals surface area contributed by atoms with Crippen LogP contribution in [0.15, 0.2) is 58.4 Å². The molecule has 1 heterocycles. The minimum absolute atomic E-state index is 0.0493. The van der Waals surface area contributed by atoms with E-state index in [4.69, 9.17) is 0 Å². The summed E-state index contributed by atoms with van der Waals surface area (Å²) in [6, 6.07) is 16.0. The van der Waals surface area contributed by atoms with Gasteiger partial charge in [0.2, 0.25) is 0 Å². The summed E-state index contributed by atoms with van der Waals surface area (Å²) in [5.74, 6) is 0.0493. The van der Waals surface area contributed by atoms with Crippen molar-refractivity contribution in [1.82, 2.24) is 4.90 Å². The van der Waals surface area contributed by atoms with Crippen molar-refractivity contribution in [2.75, 3.05) is 7.05 Å². The van der Waals surface area contributed by atoms with Crippen LogP contribution in [0.1, 0.15) is 15.2 Å². The first-order chi connectivity index (χ1) is 10.1. The highest BCUT2D eigenvalue weighted by atomic mass is 79.9. The van der Waals surface area contributed by atoms with Crippen LogP contribution in [0, 0.1) is 0 Å². The Balaban J connectivity index is 1.85. The third kappa shape index (κ3) is 3.17. The standard InChI is InChI=1S/C17H14BrNOS/c1-19(11-16-3-2-8-21-16)17(20)14-5-4-13-10-15(18)7-6-12(13)9-14/h2-10H,11H2,1H3. The van der Waals surface area contributed by atoms with E-state index in [1.54, 1.807) is 16.2 Å². The molecule has 0 radical (unpaired) electrons. The Bertz CT molecular complexity index is 783. The van der Waals surface area contributed by atoms with Gasteiger partial charge in [-0.05, 0) is 46.5 Å².